The molecule has 0 aromatic carbocycles. The molecule has 2 saturated heterocycles. The molecule has 0 aliphatic carbocycles. The predicted octanol–water partition coefficient (Wildman–Crippen LogP) is 1.37. The van der Waals surface area contributed by atoms with E-state index in [1.807, 2.05) is 0 Å². The SMILES string of the molecule is CCNC(=NCC1(C)CCCO1)NCCN1CCN(CC)CC1.I. The zero-order valence-corrected chi connectivity index (χ0v) is 18.0. The van der Waals surface area contributed by atoms with Crippen molar-refractivity contribution in [1.82, 2.24) is 20.4 Å². The third kappa shape index (κ3) is 7.41. The van der Waals surface area contributed by atoms with Crippen LogP contribution in [-0.2, 0) is 4.74 Å². The molecular weight excluding hydrogens is 417 g/mol. The second-order valence-electron chi connectivity index (χ2n) is 6.80. The minimum Gasteiger partial charge on any atom is -0.373 e. The summed E-state index contributed by atoms with van der Waals surface area (Å²) in [5, 5.41) is 6.80. The number of ether oxygens (including phenoxy) is 1. The fourth-order valence-corrected chi connectivity index (χ4v) is 3.21. The number of nitrogens with zero attached hydrogens (tertiary/aromatic N) is 3. The second kappa shape index (κ2) is 11.5. The van der Waals surface area contributed by atoms with Gasteiger partial charge in [-0.15, -0.1) is 24.0 Å². The van der Waals surface area contributed by atoms with Gasteiger partial charge in [-0.3, -0.25) is 9.89 Å². The number of rotatable bonds is 7. The first-order valence-electron chi connectivity index (χ1n) is 9.26. The number of piperazine rings is 1. The zero-order valence-electron chi connectivity index (χ0n) is 15.6. The summed E-state index contributed by atoms with van der Waals surface area (Å²) in [5.41, 5.74) is -0.0706. The molecule has 7 heteroatoms. The summed E-state index contributed by atoms with van der Waals surface area (Å²) >= 11 is 0. The Morgan fingerprint density at radius 3 is 2.42 bits per heavy atom. The Hall–Kier alpha value is -0.120. The van der Waals surface area contributed by atoms with Gasteiger partial charge in [0.1, 0.15) is 0 Å². The van der Waals surface area contributed by atoms with Gasteiger partial charge in [0.15, 0.2) is 5.96 Å². The molecule has 2 heterocycles. The van der Waals surface area contributed by atoms with E-state index in [0.29, 0.717) is 0 Å². The summed E-state index contributed by atoms with van der Waals surface area (Å²) in [6.07, 6.45) is 2.26. The number of aliphatic imine (C=N–C) groups is 1. The first kappa shape index (κ1) is 21.9. The van der Waals surface area contributed by atoms with Crippen LogP contribution in [0, 0.1) is 0 Å². The minimum atomic E-state index is -0.0706. The number of hydrogen-bond acceptors (Lipinski definition) is 4. The molecule has 0 spiro atoms. The first-order chi connectivity index (χ1) is 11.1. The number of halogens is 1. The Morgan fingerprint density at radius 2 is 1.83 bits per heavy atom. The van der Waals surface area contributed by atoms with Crippen LogP contribution < -0.4 is 10.6 Å². The zero-order chi connectivity index (χ0) is 16.5. The summed E-state index contributed by atoms with van der Waals surface area (Å²) in [6.45, 7) is 16.9. The van der Waals surface area contributed by atoms with Crippen molar-refractivity contribution < 1.29 is 4.74 Å². The molecule has 2 fully saturated rings. The van der Waals surface area contributed by atoms with Crippen LogP contribution in [-0.4, -0.2) is 86.9 Å². The average molecular weight is 453 g/mol. The lowest BCUT2D eigenvalue weighted by atomic mass is 10.0. The van der Waals surface area contributed by atoms with E-state index in [4.69, 9.17) is 9.73 Å². The number of hydrogen-bond donors (Lipinski definition) is 2. The van der Waals surface area contributed by atoms with Crippen molar-refractivity contribution in [2.24, 2.45) is 4.99 Å². The molecule has 0 saturated carbocycles. The van der Waals surface area contributed by atoms with Gasteiger partial charge in [-0.25, -0.2) is 0 Å². The molecule has 24 heavy (non-hydrogen) atoms. The highest BCUT2D eigenvalue weighted by Crippen LogP contribution is 2.24. The molecule has 0 bridgehead atoms. The second-order valence-corrected chi connectivity index (χ2v) is 6.80. The average Bonchev–Trinajstić information content (AvgIpc) is 3.00. The third-order valence-corrected chi connectivity index (χ3v) is 4.85. The lowest BCUT2D eigenvalue weighted by Crippen LogP contribution is -2.49. The van der Waals surface area contributed by atoms with Gasteiger partial charge >= 0.3 is 0 Å². The van der Waals surface area contributed by atoms with Crippen LogP contribution in [0.25, 0.3) is 0 Å². The normalized spacial score (nSPS) is 26.2. The Morgan fingerprint density at radius 1 is 1.12 bits per heavy atom. The van der Waals surface area contributed by atoms with Crippen LogP contribution in [0.3, 0.4) is 0 Å². The molecule has 1 unspecified atom stereocenters. The third-order valence-electron chi connectivity index (χ3n) is 4.85. The molecule has 0 aromatic heterocycles. The topological polar surface area (TPSA) is 52.1 Å². The molecule has 2 aliphatic rings. The predicted molar refractivity (Wildman–Crippen MR) is 112 cm³/mol. The molecule has 2 aliphatic heterocycles. The van der Waals surface area contributed by atoms with E-state index in [2.05, 4.69) is 41.2 Å². The van der Waals surface area contributed by atoms with Gasteiger partial charge < -0.3 is 20.3 Å². The Bertz CT molecular complexity index is 366. The lowest BCUT2D eigenvalue weighted by molar-refractivity contribution is 0.0283. The van der Waals surface area contributed by atoms with Gasteiger partial charge in [0.05, 0.1) is 12.1 Å². The molecule has 6 nitrogen and oxygen atoms in total. The van der Waals surface area contributed by atoms with Gasteiger partial charge in [0.2, 0.25) is 0 Å². The molecule has 2 N–H and O–H groups in total. The van der Waals surface area contributed by atoms with E-state index in [0.717, 1.165) is 51.6 Å². The summed E-state index contributed by atoms with van der Waals surface area (Å²) in [7, 11) is 0. The van der Waals surface area contributed by atoms with Crippen LogP contribution in [0.4, 0.5) is 0 Å². The molecule has 2 rings (SSSR count). The quantitative estimate of drug-likeness (QED) is 0.347. The van der Waals surface area contributed by atoms with Crippen LogP contribution in [0.1, 0.15) is 33.6 Å². The summed E-state index contributed by atoms with van der Waals surface area (Å²) < 4.78 is 5.81. The van der Waals surface area contributed by atoms with Crippen molar-refractivity contribution in [3.8, 4) is 0 Å². The van der Waals surface area contributed by atoms with Crippen molar-refractivity contribution in [3.63, 3.8) is 0 Å². The van der Waals surface area contributed by atoms with Gasteiger partial charge in [-0.2, -0.15) is 0 Å². The van der Waals surface area contributed by atoms with Gasteiger partial charge in [0.25, 0.3) is 0 Å². The highest BCUT2D eigenvalue weighted by molar-refractivity contribution is 14.0. The summed E-state index contributed by atoms with van der Waals surface area (Å²) in [5.74, 6) is 0.913. The van der Waals surface area contributed by atoms with Gasteiger partial charge in [-0.1, -0.05) is 6.92 Å². The monoisotopic (exact) mass is 453 g/mol. The fourth-order valence-electron chi connectivity index (χ4n) is 3.21. The van der Waals surface area contributed by atoms with Crippen molar-refractivity contribution >= 4 is 29.9 Å². The van der Waals surface area contributed by atoms with Gasteiger partial charge in [-0.05, 0) is 33.2 Å². The minimum absolute atomic E-state index is 0. The summed E-state index contributed by atoms with van der Waals surface area (Å²) in [6, 6.07) is 0. The Balaban J connectivity index is 0.00000288. The Labute approximate surface area is 164 Å². The van der Waals surface area contributed by atoms with E-state index in [9.17, 15) is 0 Å². The number of likely N-dealkylation sites (N-methyl/N-ethyl adjacent to an activating group) is 1. The molecule has 0 amide bonds. The van der Waals surface area contributed by atoms with Crippen LogP contribution >= 0.6 is 24.0 Å². The maximum Gasteiger partial charge on any atom is 0.191 e. The fraction of sp³-hybridized carbons (Fsp3) is 0.941. The van der Waals surface area contributed by atoms with Crippen molar-refractivity contribution in [1.29, 1.82) is 0 Å². The van der Waals surface area contributed by atoms with E-state index in [1.165, 1.54) is 32.7 Å². The highest BCUT2D eigenvalue weighted by atomic mass is 127. The molecule has 0 aromatic rings. The highest BCUT2D eigenvalue weighted by Gasteiger charge is 2.29. The van der Waals surface area contributed by atoms with Crippen LogP contribution in [0.2, 0.25) is 0 Å². The van der Waals surface area contributed by atoms with E-state index in [1.54, 1.807) is 0 Å². The first-order valence-corrected chi connectivity index (χ1v) is 9.26. The van der Waals surface area contributed by atoms with E-state index in [-0.39, 0.29) is 29.6 Å². The van der Waals surface area contributed by atoms with Crippen molar-refractivity contribution in [2.75, 3.05) is 65.5 Å². The van der Waals surface area contributed by atoms with E-state index >= 15 is 0 Å². The van der Waals surface area contributed by atoms with Gasteiger partial charge in [0, 0.05) is 52.4 Å². The molecule has 142 valence electrons. The maximum absolute atomic E-state index is 5.81. The number of nitrogens with one attached hydrogen (secondary N) is 2. The maximum atomic E-state index is 5.81. The molecule has 0 radical (unpaired) electrons. The lowest BCUT2D eigenvalue weighted by Gasteiger charge is -2.34. The Kier molecular flexibility index (Phi) is 10.5. The molecular formula is C17H36IN5O. The molecule has 1 atom stereocenters. The van der Waals surface area contributed by atoms with Crippen molar-refractivity contribution in [2.45, 2.75) is 39.2 Å². The largest absolute Gasteiger partial charge is 0.373 e. The van der Waals surface area contributed by atoms with Crippen LogP contribution in [0.15, 0.2) is 4.99 Å². The standard InChI is InChI=1S/C17H35N5O.HI/c1-4-18-16(20-15-17(3)7-6-14-23-17)19-8-9-22-12-10-21(5-2)11-13-22;/h4-15H2,1-3H3,(H2,18,19,20);1H. The van der Waals surface area contributed by atoms with Crippen molar-refractivity contribution in [3.05, 3.63) is 0 Å². The smallest absolute Gasteiger partial charge is 0.191 e. The van der Waals surface area contributed by atoms with E-state index < -0.39 is 0 Å². The summed E-state index contributed by atoms with van der Waals surface area (Å²) in [4.78, 5) is 9.76. The van der Waals surface area contributed by atoms with Crippen LogP contribution in [0.5, 0.6) is 0 Å². The number of guanidine groups is 1.